The summed E-state index contributed by atoms with van der Waals surface area (Å²) >= 11 is 5.11. The molecule has 0 radical (unpaired) electrons. The monoisotopic (exact) mass is 442 g/mol. The molecule has 0 aliphatic heterocycles. The molecule has 136 valence electrons. The van der Waals surface area contributed by atoms with Crippen LogP contribution in [0.1, 0.15) is 29.0 Å². The number of ether oxygens (including phenoxy) is 1. The summed E-state index contributed by atoms with van der Waals surface area (Å²) in [7, 11) is 0. The molecule has 0 N–H and O–H groups in total. The number of aryl methyl sites for hydroxylation is 2. The molecule has 0 saturated carbocycles. The number of nitrogens with zero attached hydrogens (tertiary/aromatic N) is 4. The van der Waals surface area contributed by atoms with E-state index >= 15 is 0 Å². The topological polar surface area (TPSA) is 69.4 Å². The van der Waals surface area contributed by atoms with Crippen LogP contribution in [0.5, 0.6) is 5.88 Å². The first kappa shape index (κ1) is 16.8. The highest BCUT2D eigenvalue weighted by atomic mass is 79.9. The molecule has 0 atom stereocenters. The molecule has 0 fully saturated rings. The first-order chi connectivity index (χ1) is 13.2. The summed E-state index contributed by atoms with van der Waals surface area (Å²) in [4.78, 5) is 28.0. The van der Waals surface area contributed by atoms with Gasteiger partial charge in [0.1, 0.15) is 23.4 Å². The third kappa shape index (κ3) is 3.02. The first-order valence-corrected chi connectivity index (χ1v) is 10.4. The smallest absolute Gasteiger partial charge is 0.258 e. The van der Waals surface area contributed by atoms with E-state index in [4.69, 9.17) is 4.74 Å². The Hall–Kier alpha value is -2.32. The summed E-state index contributed by atoms with van der Waals surface area (Å²) < 4.78 is 8.33. The van der Waals surface area contributed by atoms with Gasteiger partial charge in [0.2, 0.25) is 5.88 Å². The van der Waals surface area contributed by atoms with Crippen molar-refractivity contribution in [3.05, 3.63) is 61.7 Å². The van der Waals surface area contributed by atoms with Crippen LogP contribution in [0.4, 0.5) is 0 Å². The van der Waals surface area contributed by atoms with Gasteiger partial charge < -0.3 is 4.74 Å². The summed E-state index contributed by atoms with van der Waals surface area (Å²) in [6.45, 7) is 0.193. The van der Waals surface area contributed by atoms with E-state index in [0.29, 0.717) is 17.2 Å². The van der Waals surface area contributed by atoms with Gasteiger partial charge in [-0.3, -0.25) is 9.20 Å². The van der Waals surface area contributed by atoms with E-state index in [1.54, 1.807) is 29.9 Å². The van der Waals surface area contributed by atoms with Crippen molar-refractivity contribution in [1.82, 2.24) is 19.4 Å². The van der Waals surface area contributed by atoms with Crippen molar-refractivity contribution in [2.45, 2.75) is 32.3 Å². The molecule has 4 aromatic heterocycles. The Morgan fingerprint density at radius 1 is 1.22 bits per heavy atom. The molecule has 1 aliphatic rings. The van der Waals surface area contributed by atoms with Crippen molar-refractivity contribution >= 4 is 43.1 Å². The zero-order valence-corrected chi connectivity index (χ0v) is 16.7. The minimum atomic E-state index is -0.138. The maximum Gasteiger partial charge on any atom is 0.258 e. The molecule has 4 aromatic rings. The molecule has 0 amide bonds. The van der Waals surface area contributed by atoms with Gasteiger partial charge in [0.15, 0.2) is 0 Å². The van der Waals surface area contributed by atoms with Crippen LogP contribution in [-0.4, -0.2) is 19.4 Å². The third-order valence-electron chi connectivity index (χ3n) is 4.75. The lowest BCUT2D eigenvalue weighted by atomic mass is 9.97. The van der Waals surface area contributed by atoms with Gasteiger partial charge in [-0.05, 0) is 59.3 Å². The van der Waals surface area contributed by atoms with Crippen LogP contribution in [0.15, 0.2) is 40.0 Å². The number of rotatable bonds is 3. The first-order valence-electron chi connectivity index (χ1n) is 8.75. The van der Waals surface area contributed by atoms with Gasteiger partial charge in [0.25, 0.3) is 5.56 Å². The summed E-state index contributed by atoms with van der Waals surface area (Å²) in [5, 5.41) is 1.03. The molecule has 8 heteroatoms. The molecular weight excluding hydrogens is 428 g/mol. The molecule has 1 aliphatic carbocycles. The van der Waals surface area contributed by atoms with Crippen molar-refractivity contribution in [2.75, 3.05) is 0 Å². The molecule has 0 spiro atoms. The summed E-state index contributed by atoms with van der Waals surface area (Å²) in [6, 6.07) is 5.16. The molecule has 0 unspecified atom stereocenters. The van der Waals surface area contributed by atoms with E-state index in [2.05, 4.69) is 30.9 Å². The van der Waals surface area contributed by atoms with Crippen LogP contribution in [0.2, 0.25) is 0 Å². The fourth-order valence-corrected chi connectivity index (χ4v) is 5.07. The Morgan fingerprint density at radius 2 is 2.11 bits per heavy atom. The van der Waals surface area contributed by atoms with Crippen molar-refractivity contribution in [2.24, 2.45) is 0 Å². The lowest BCUT2D eigenvalue weighted by Crippen LogP contribution is -2.16. The summed E-state index contributed by atoms with van der Waals surface area (Å²) in [5.74, 6) is 0.581. The predicted octanol–water partition coefficient (Wildman–Crippen LogP) is 3.92. The van der Waals surface area contributed by atoms with Gasteiger partial charge in [-0.15, -0.1) is 11.3 Å². The molecule has 0 saturated heterocycles. The SMILES string of the molecule is O=c1cc(COc2ncnc3sc4c(c23)CCCC4)nc2ccc(Br)cn12. The Bertz CT molecular complexity index is 1230. The molecule has 4 heterocycles. The second kappa shape index (κ2) is 6.69. The molecule has 6 nitrogen and oxygen atoms in total. The van der Waals surface area contributed by atoms with Crippen molar-refractivity contribution < 1.29 is 4.74 Å². The van der Waals surface area contributed by atoms with Crippen LogP contribution in [0.25, 0.3) is 15.9 Å². The zero-order chi connectivity index (χ0) is 18.4. The maximum atomic E-state index is 12.3. The van der Waals surface area contributed by atoms with Crippen LogP contribution in [-0.2, 0) is 19.4 Å². The van der Waals surface area contributed by atoms with Gasteiger partial charge in [-0.1, -0.05) is 0 Å². The highest BCUT2D eigenvalue weighted by Crippen LogP contribution is 2.39. The highest BCUT2D eigenvalue weighted by molar-refractivity contribution is 9.10. The molecule has 27 heavy (non-hydrogen) atoms. The number of thiophene rings is 1. The fourth-order valence-electron chi connectivity index (χ4n) is 3.51. The fraction of sp³-hybridized carbons (Fsp3) is 0.263. The number of fused-ring (bicyclic) bond motifs is 4. The van der Waals surface area contributed by atoms with E-state index in [1.165, 1.54) is 33.7 Å². The quantitative estimate of drug-likeness (QED) is 0.480. The number of halogens is 1. The van der Waals surface area contributed by atoms with Gasteiger partial charge in [0.05, 0.1) is 11.1 Å². The Morgan fingerprint density at radius 3 is 3.04 bits per heavy atom. The zero-order valence-electron chi connectivity index (χ0n) is 14.3. The maximum absolute atomic E-state index is 12.3. The molecule has 0 bridgehead atoms. The van der Waals surface area contributed by atoms with E-state index in [1.807, 2.05) is 6.07 Å². The average molecular weight is 443 g/mol. The van der Waals surface area contributed by atoms with E-state index in [0.717, 1.165) is 27.5 Å². The normalized spacial score (nSPS) is 13.8. The standard InChI is InChI=1S/C19H15BrN4O2S/c20-11-5-6-15-23-12(7-16(25)24(15)8-11)9-26-18-17-13-3-1-2-4-14(13)27-19(17)22-10-21-18/h5-8,10H,1-4,9H2. The Kier molecular flexibility index (Phi) is 4.17. The van der Waals surface area contributed by atoms with E-state index < -0.39 is 0 Å². The molecule has 5 rings (SSSR count). The van der Waals surface area contributed by atoms with Crippen LogP contribution >= 0.6 is 27.3 Å². The van der Waals surface area contributed by atoms with Gasteiger partial charge >= 0.3 is 0 Å². The summed E-state index contributed by atoms with van der Waals surface area (Å²) in [5.41, 5.74) is 2.36. The number of hydrogen-bond donors (Lipinski definition) is 0. The van der Waals surface area contributed by atoms with E-state index in [9.17, 15) is 4.79 Å². The lowest BCUT2D eigenvalue weighted by Gasteiger charge is -2.12. The minimum Gasteiger partial charge on any atom is -0.471 e. The number of pyridine rings is 1. The van der Waals surface area contributed by atoms with E-state index in [-0.39, 0.29) is 12.2 Å². The van der Waals surface area contributed by atoms with Crippen molar-refractivity contribution in [3.8, 4) is 5.88 Å². The largest absolute Gasteiger partial charge is 0.471 e. The Labute approximate surface area is 167 Å². The minimum absolute atomic E-state index is 0.138. The van der Waals surface area contributed by atoms with Gasteiger partial charge in [0, 0.05) is 21.6 Å². The lowest BCUT2D eigenvalue weighted by molar-refractivity contribution is 0.293. The van der Waals surface area contributed by atoms with Gasteiger partial charge in [-0.25, -0.2) is 15.0 Å². The Balaban J connectivity index is 1.50. The molecular formula is C19H15BrN4O2S. The van der Waals surface area contributed by atoms with Crippen molar-refractivity contribution in [1.29, 1.82) is 0 Å². The average Bonchev–Trinajstić information content (AvgIpc) is 3.06. The second-order valence-corrected chi connectivity index (χ2v) is 8.52. The third-order valence-corrected chi connectivity index (χ3v) is 6.42. The van der Waals surface area contributed by atoms with Gasteiger partial charge in [-0.2, -0.15) is 0 Å². The molecule has 0 aromatic carbocycles. The van der Waals surface area contributed by atoms with Crippen molar-refractivity contribution in [3.63, 3.8) is 0 Å². The summed E-state index contributed by atoms with van der Waals surface area (Å²) in [6.07, 6.45) is 7.81. The second-order valence-electron chi connectivity index (χ2n) is 6.52. The van der Waals surface area contributed by atoms with Crippen LogP contribution in [0.3, 0.4) is 0 Å². The number of hydrogen-bond acceptors (Lipinski definition) is 6. The predicted molar refractivity (Wildman–Crippen MR) is 108 cm³/mol. The highest BCUT2D eigenvalue weighted by Gasteiger charge is 2.20. The van der Waals surface area contributed by atoms with Crippen LogP contribution in [0, 0.1) is 0 Å². The number of aromatic nitrogens is 4. The van der Waals surface area contributed by atoms with Crippen LogP contribution < -0.4 is 10.3 Å².